The molecule has 0 radical (unpaired) electrons. The monoisotopic (exact) mass is 442 g/mol. The number of hydrogen-bond acceptors (Lipinski definition) is 2. The first-order valence-corrected chi connectivity index (χ1v) is 11.3. The molecule has 0 aromatic heterocycles. The van der Waals surface area contributed by atoms with Gasteiger partial charge in [-0.25, -0.2) is 8.42 Å². The molecular weight excluding hydrogens is 433 g/mol. The lowest BCUT2D eigenvalue weighted by Gasteiger charge is -2.09. The zero-order valence-corrected chi connectivity index (χ0v) is 16.9. The van der Waals surface area contributed by atoms with E-state index in [2.05, 4.69) is 4.72 Å². The molecule has 3 nitrogen and oxygen atoms in total. The Morgan fingerprint density at radius 2 is 1.31 bits per heavy atom. The van der Waals surface area contributed by atoms with Crippen molar-refractivity contribution < 1.29 is 8.42 Å². The molecule has 0 bridgehead atoms. The normalized spacial score (nSPS) is 17.6. The van der Waals surface area contributed by atoms with Gasteiger partial charge in [0, 0.05) is 15.1 Å². The first-order chi connectivity index (χ1) is 12.3. The van der Waals surface area contributed by atoms with Gasteiger partial charge in [-0.05, 0) is 60.7 Å². The van der Waals surface area contributed by atoms with Crippen molar-refractivity contribution in [2.45, 2.75) is 19.6 Å². The molecule has 1 aliphatic heterocycles. The number of fused-ring (bicyclic) bond motifs is 2. The summed E-state index contributed by atoms with van der Waals surface area (Å²) in [6.07, 6.45) is 0. The van der Waals surface area contributed by atoms with Crippen LogP contribution in [0.2, 0.25) is 15.1 Å². The molecule has 0 saturated carbocycles. The standard InChI is InChI=1S/C18H11Cl3NO2S2/c19-11-1-5-14(6-2-11)25-16-7-3-12(20)9-15(16)22-26(23,24)18-10-13(21)4-8-17(18)25/h1-10,22H/q+1. The minimum atomic E-state index is -3.79. The lowest BCUT2D eigenvalue weighted by atomic mass is 10.3. The van der Waals surface area contributed by atoms with Crippen LogP contribution in [-0.2, 0) is 20.9 Å². The summed E-state index contributed by atoms with van der Waals surface area (Å²) >= 11 is 18.2. The van der Waals surface area contributed by atoms with Gasteiger partial charge in [-0.3, -0.25) is 4.72 Å². The molecule has 3 aromatic rings. The van der Waals surface area contributed by atoms with Crippen molar-refractivity contribution >= 4 is 61.4 Å². The molecule has 132 valence electrons. The fourth-order valence-corrected chi connectivity index (χ4v) is 7.28. The first kappa shape index (κ1) is 18.0. The van der Waals surface area contributed by atoms with Crippen LogP contribution in [0.1, 0.15) is 0 Å². The Kier molecular flexibility index (Phi) is 4.61. The van der Waals surface area contributed by atoms with Crippen LogP contribution in [0.25, 0.3) is 0 Å². The summed E-state index contributed by atoms with van der Waals surface area (Å²) in [6, 6.07) is 17.6. The van der Waals surface area contributed by atoms with Crippen molar-refractivity contribution in [3.8, 4) is 0 Å². The number of nitrogens with one attached hydrogen (secondary N) is 1. The summed E-state index contributed by atoms with van der Waals surface area (Å²) in [5.41, 5.74) is 0.461. The third kappa shape index (κ3) is 3.19. The van der Waals surface area contributed by atoms with E-state index >= 15 is 0 Å². The third-order valence-electron chi connectivity index (χ3n) is 3.87. The Bertz CT molecular complexity index is 1120. The van der Waals surface area contributed by atoms with Crippen LogP contribution in [0.15, 0.2) is 80.2 Å². The van der Waals surface area contributed by atoms with Gasteiger partial charge in [0.15, 0.2) is 14.7 Å². The van der Waals surface area contributed by atoms with Gasteiger partial charge in [0.2, 0.25) is 0 Å². The summed E-state index contributed by atoms with van der Waals surface area (Å²) in [7, 11) is -4.46. The summed E-state index contributed by atoms with van der Waals surface area (Å²) in [4.78, 5) is 2.61. The number of anilines is 1. The molecule has 3 aromatic carbocycles. The van der Waals surface area contributed by atoms with Gasteiger partial charge in [0.05, 0.1) is 0 Å². The van der Waals surface area contributed by atoms with E-state index in [1.807, 2.05) is 18.2 Å². The average Bonchev–Trinajstić information content (AvgIpc) is 2.67. The highest BCUT2D eigenvalue weighted by atomic mass is 35.5. The second-order valence-electron chi connectivity index (χ2n) is 5.60. The first-order valence-electron chi connectivity index (χ1n) is 7.47. The fourth-order valence-electron chi connectivity index (χ4n) is 2.76. The Hall–Kier alpha value is -1.37. The molecule has 1 N–H and O–H groups in total. The van der Waals surface area contributed by atoms with E-state index < -0.39 is 20.9 Å². The van der Waals surface area contributed by atoms with Crippen LogP contribution in [0, 0.1) is 0 Å². The van der Waals surface area contributed by atoms with Crippen LogP contribution in [-0.4, -0.2) is 8.42 Å². The molecule has 1 unspecified atom stereocenters. The lowest BCUT2D eigenvalue weighted by molar-refractivity contribution is 0.599. The van der Waals surface area contributed by atoms with Crippen molar-refractivity contribution in [1.82, 2.24) is 0 Å². The van der Waals surface area contributed by atoms with Crippen LogP contribution in [0.5, 0.6) is 0 Å². The van der Waals surface area contributed by atoms with Gasteiger partial charge in [-0.2, -0.15) is 0 Å². The topological polar surface area (TPSA) is 46.2 Å². The highest BCUT2D eigenvalue weighted by Crippen LogP contribution is 2.43. The highest BCUT2D eigenvalue weighted by molar-refractivity contribution is 7.99. The molecule has 1 heterocycles. The molecule has 0 spiro atoms. The largest absolute Gasteiger partial charge is 0.274 e. The van der Waals surface area contributed by atoms with Gasteiger partial charge in [-0.15, -0.1) is 0 Å². The van der Waals surface area contributed by atoms with E-state index in [0.717, 1.165) is 9.79 Å². The van der Waals surface area contributed by atoms with Crippen molar-refractivity contribution in [2.24, 2.45) is 0 Å². The van der Waals surface area contributed by atoms with Crippen LogP contribution >= 0.6 is 34.8 Å². The maximum Gasteiger partial charge on any atom is 0.267 e. The molecule has 1 atom stereocenters. The molecule has 8 heteroatoms. The number of benzene rings is 3. The number of rotatable bonds is 1. The quantitative estimate of drug-likeness (QED) is 0.479. The van der Waals surface area contributed by atoms with Crippen LogP contribution < -0.4 is 4.72 Å². The minimum absolute atomic E-state index is 0.163. The van der Waals surface area contributed by atoms with E-state index in [1.165, 1.54) is 6.07 Å². The Morgan fingerprint density at radius 3 is 2.00 bits per heavy atom. The van der Waals surface area contributed by atoms with Gasteiger partial charge < -0.3 is 0 Å². The smallest absolute Gasteiger partial charge is 0.267 e. The van der Waals surface area contributed by atoms with E-state index in [-0.39, 0.29) is 4.90 Å². The SMILES string of the molecule is O=S1(=O)Nc2cc(Cl)ccc2[S+](c2ccc(Cl)cc2)c2ccc(Cl)cc21. The minimum Gasteiger partial charge on any atom is -0.274 e. The number of sulfonamides is 1. The fraction of sp³-hybridized carbons (Fsp3) is 0. The Balaban J connectivity index is 2.07. The van der Waals surface area contributed by atoms with E-state index in [1.54, 1.807) is 36.4 Å². The highest BCUT2D eigenvalue weighted by Gasteiger charge is 2.41. The lowest BCUT2D eigenvalue weighted by Crippen LogP contribution is -2.13. The van der Waals surface area contributed by atoms with Crippen LogP contribution in [0.4, 0.5) is 5.69 Å². The molecule has 0 saturated heterocycles. The number of hydrogen-bond donors (Lipinski definition) is 1. The summed E-state index contributed by atoms with van der Waals surface area (Å²) in [5.74, 6) is 0. The van der Waals surface area contributed by atoms with Crippen molar-refractivity contribution in [3.05, 3.63) is 75.7 Å². The average molecular weight is 444 g/mol. The van der Waals surface area contributed by atoms with Crippen molar-refractivity contribution in [2.75, 3.05) is 4.72 Å². The molecule has 0 aliphatic carbocycles. The summed E-state index contributed by atoms with van der Waals surface area (Å²) in [6.45, 7) is 0. The van der Waals surface area contributed by atoms with Gasteiger partial charge in [0.25, 0.3) is 10.0 Å². The zero-order chi connectivity index (χ0) is 18.5. The van der Waals surface area contributed by atoms with Gasteiger partial charge >= 0.3 is 0 Å². The molecule has 4 rings (SSSR count). The Labute approximate surface area is 169 Å². The zero-order valence-electron chi connectivity index (χ0n) is 13.0. The predicted octanol–water partition coefficient (Wildman–Crippen LogP) is 5.86. The van der Waals surface area contributed by atoms with Gasteiger partial charge in [0.1, 0.15) is 21.5 Å². The van der Waals surface area contributed by atoms with E-state index in [0.29, 0.717) is 25.7 Å². The third-order valence-corrected chi connectivity index (χ3v) is 8.46. The summed E-state index contributed by atoms with van der Waals surface area (Å²) < 4.78 is 28.5. The second kappa shape index (κ2) is 6.66. The van der Waals surface area contributed by atoms with E-state index in [9.17, 15) is 8.42 Å². The molecule has 26 heavy (non-hydrogen) atoms. The molecule has 0 fully saturated rings. The van der Waals surface area contributed by atoms with Crippen molar-refractivity contribution in [3.63, 3.8) is 0 Å². The molecular formula is C18H11Cl3NO2S2+. The van der Waals surface area contributed by atoms with Crippen molar-refractivity contribution in [1.29, 1.82) is 0 Å². The van der Waals surface area contributed by atoms with E-state index in [4.69, 9.17) is 34.8 Å². The maximum absolute atomic E-state index is 12.9. The number of halogens is 3. The molecule has 0 amide bonds. The van der Waals surface area contributed by atoms with Gasteiger partial charge in [-0.1, -0.05) is 34.8 Å². The predicted molar refractivity (Wildman–Crippen MR) is 107 cm³/mol. The second-order valence-corrected chi connectivity index (χ2v) is 10.5. The maximum atomic E-state index is 12.9. The summed E-state index contributed by atoms with van der Waals surface area (Å²) in [5, 5.41) is 1.43. The van der Waals surface area contributed by atoms with Crippen LogP contribution in [0.3, 0.4) is 0 Å². The molecule has 1 aliphatic rings. The Morgan fingerprint density at radius 1 is 0.731 bits per heavy atom.